The lowest BCUT2D eigenvalue weighted by molar-refractivity contribution is -0.384. The van der Waals surface area contributed by atoms with E-state index < -0.39 is 10.3 Å². The quantitative estimate of drug-likeness (QED) is 0.606. The van der Waals surface area contributed by atoms with E-state index in [9.17, 15) is 24.1 Å². The average Bonchev–Trinajstić information content (AvgIpc) is 3.02. The van der Waals surface area contributed by atoms with Crippen LogP contribution in [0.25, 0.3) is 0 Å². The summed E-state index contributed by atoms with van der Waals surface area (Å²) in [5.41, 5.74) is 1.28. The molecule has 1 saturated heterocycles. The van der Waals surface area contributed by atoms with Crippen LogP contribution in [-0.4, -0.2) is 33.9 Å². The van der Waals surface area contributed by atoms with Crippen LogP contribution in [0.15, 0.2) is 48.5 Å². The number of nitro benzene ring substituents is 1. The van der Waals surface area contributed by atoms with E-state index in [4.69, 9.17) is 0 Å². The van der Waals surface area contributed by atoms with Crippen molar-refractivity contribution in [2.24, 2.45) is 0 Å². The summed E-state index contributed by atoms with van der Waals surface area (Å²) >= 11 is 1.32. The van der Waals surface area contributed by atoms with Crippen LogP contribution >= 0.6 is 11.8 Å². The first-order valence-corrected chi connectivity index (χ1v) is 9.15. The molecular weight excluding hydrogens is 373 g/mol. The average molecular weight is 389 g/mol. The highest BCUT2D eigenvalue weighted by Gasteiger charge is 2.34. The Bertz CT molecular complexity index is 875. The van der Waals surface area contributed by atoms with Crippen LogP contribution in [0, 0.1) is 15.9 Å². The van der Waals surface area contributed by atoms with Crippen LogP contribution in [-0.2, 0) is 16.1 Å². The van der Waals surface area contributed by atoms with E-state index in [1.54, 1.807) is 24.3 Å². The van der Waals surface area contributed by atoms with Crippen molar-refractivity contribution in [3.63, 3.8) is 0 Å². The number of benzene rings is 2. The van der Waals surface area contributed by atoms with E-state index in [2.05, 4.69) is 5.32 Å². The van der Waals surface area contributed by atoms with E-state index in [1.807, 2.05) is 0 Å². The van der Waals surface area contributed by atoms with Gasteiger partial charge in [0.25, 0.3) is 5.69 Å². The van der Waals surface area contributed by atoms with Gasteiger partial charge in [0.05, 0.1) is 10.7 Å². The molecule has 2 amide bonds. The van der Waals surface area contributed by atoms with Gasteiger partial charge in [0.2, 0.25) is 11.8 Å². The number of carbonyl (C=O) groups excluding carboxylic acids is 2. The van der Waals surface area contributed by atoms with Crippen molar-refractivity contribution in [1.29, 1.82) is 0 Å². The summed E-state index contributed by atoms with van der Waals surface area (Å²) in [5, 5.41) is 13.2. The summed E-state index contributed by atoms with van der Waals surface area (Å²) in [6.07, 6.45) is 0. The molecule has 1 fully saturated rings. The number of amides is 2. The molecule has 1 N–H and O–H groups in total. The fraction of sp³-hybridized carbons (Fsp3) is 0.222. The number of thioether (sulfide) groups is 1. The molecule has 9 heteroatoms. The normalized spacial score (nSPS) is 16.4. The fourth-order valence-electron chi connectivity index (χ4n) is 2.71. The van der Waals surface area contributed by atoms with Crippen molar-refractivity contribution in [2.75, 3.05) is 12.3 Å². The highest BCUT2D eigenvalue weighted by atomic mass is 32.2. The fourth-order valence-corrected chi connectivity index (χ4v) is 3.88. The largest absolute Gasteiger partial charge is 0.350 e. The van der Waals surface area contributed by atoms with Crippen molar-refractivity contribution < 1.29 is 18.9 Å². The number of carbonyl (C=O) groups is 2. The molecule has 0 bridgehead atoms. The molecule has 0 aliphatic carbocycles. The summed E-state index contributed by atoms with van der Waals surface area (Å²) in [4.78, 5) is 36.3. The molecule has 27 heavy (non-hydrogen) atoms. The van der Waals surface area contributed by atoms with E-state index in [0.717, 1.165) is 5.56 Å². The summed E-state index contributed by atoms with van der Waals surface area (Å²) in [5.74, 6) is -0.706. The minimum Gasteiger partial charge on any atom is -0.350 e. The Morgan fingerprint density at radius 2 is 2.04 bits per heavy atom. The highest BCUT2D eigenvalue weighted by molar-refractivity contribution is 8.00. The predicted molar refractivity (Wildman–Crippen MR) is 98.3 cm³/mol. The molecule has 3 rings (SSSR count). The molecule has 0 unspecified atom stereocenters. The Hall–Kier alpha value is -2.94. The smallest absolute Gasteiger partial charge is 0.269 e. The SMILES string of the molecule is O=C(CN1C(=O)CS[C@@H]1c1cccc([N+](=O)[O-])c1)NCc1ccc(F)cc1. The second kappa shape index (κ2) is 8.17. The second-order valence-corrected chi connectivity index (χ2v) is 7.01. The third kappa shape index (κ3) is 4.62. The number of non-ortho nitro benzene ring substituents is 1. The van der Waals surface area contributed by atoms with E-state index in [-0.39, 0.29) is 42.2 Å². The Morgan fingerprint density at radius 3 is 2.74 bits per heavy atom. The summed E-state index contributed by atoms with van der Waals surface area (Å²) in [6.45, 7) is 0.0656. The molecule has 1 aliphatic rings. The first kappa shape index (κ1) is 18.8. The van der Waals surface area contributed by atoms with Gasteiger partial charge in [-0.1, -0.05) is 24.3 Å². The lowest BCUT2D eigenvalue weighted by atomic mass is 10.2. The molecule has 140 valence electrons. The molecule has 7 nitrogen and oxygen atoms in total. The number of nitrogens with zero attached hydrogens (tertiary/aromatic N) is 2. The van der Waals surface area contributed by atoms with Crippen molar-refractivity contribution in [3.8, 4) is 0 Å². The zero-order valence-electron chi connectivity index (χ0n) is 14.1. The monoisotopic (exact) mass is 389 g/mol. The zero-order chi connectivity index (χ0) is 19.4. The molecule has 0 saturated carbocycles. The standard InChI is InChI=1S/C18H16FN3O4S/c19-14-6-4-12(5-7-14)9-20-16(23)10-21-17(24)11-27-18(21)13-2-1-3-15(8-13)22(25)26/h1-8,18H,9-11H2,(H,20,23)/t18-/m1/s1. The van der Waals surface area contributed by atoms with Crippen molar-refractivity contribution in [3.05, 3.63) is 75.6 Å². The van der Waals surface area contributed by atoms with Crippen LogP contribution in [0.5, 0.6) is 0 Å². The van der Waals surface area contributed by atoms with Gasteiger partial charge in [-0.05, 0) is 23.3 Å². The van der Waals surface area contributed by atoms with Crippen LogP contribution in [0.4, 0.5) is 10.1 Å². The molecule has 0 radical (unpaired) electrons. The molecule has 1 atom stereocenters. The first-order valence-electron chi connectivity index (χ1n) is 8.10. The summed E-state index contributed by atoms with van der Waals surface area (Å²) < 4.78 is 12.9. The third-order valence-corrected chi connectivity index (χ3v) is 5.31. The van der Waals surface area contributed by atoms with E-state index in [0.29, 0.717) is 5.56 Å². The number of hydrogen-bond acceptors (Lipinski definition) is 5. The zero-order valence-corrected chi connectivity index (χ0v) is 14.9. The maximum absolute atomic E-state index is 12.9. The van der Waals surface area contributed by atoms with Crippen molar-refractivity contribution in [2.45, 2.75) is 11.9 Å². The van der Waals surface area contributed by atoms with E-state index in [1.165, 1.54) is 40.9 Å². The maximum atomic E-state index is 12.9. The van der Waals surface area contributed by atoms with E-state index >= 15 is 0 Å². The molecule has 1 aliphatic heterocycles. The summed E-state index contributed by atoms with van der Waals surface area (Å²) in [6, 6.07) is 11.8. The molecule has 2 aromatic carbocycles. The molecular formula is C18H16FN3O4S. The number of halogens is 1. The summed E-state index contributed by atoms with van der Waals surface area (Å²) in [7, 11) is 0. The van der Waals surface area contributed by atoms with Gasteiger partial charge in [-0.15, -0.1) is 11.8 Å². The number of nitro groups is 1. The molecule has 1 heterocycles. The maximum Gasteiger partial charge on any atom is 0.269 e. The minimum atomic E-state index is -0.495. The molecule has 2 aromatic rings. The van der Waals surface area contributed by atoms with Crippen LogP contribution < -0.4 is 5.32 Å². The van der Waals surface area contributed by atoms with Gasteiger partial charge in [-0.3, -0.25) is 19.7 Å². The van der Waals surface area contributed by atoms with Gasteiger partial charge in [0, 0.05) is 18.7 Å². The highest BCUT2D eigenvalue weighted by Crippen LogP contribution is 2.39. The van der Waals surface area contributed by atoms with Crippen LogP contribution in [0.2, 0.25) is 0 Å². The number of hydrogen-bond donors (Lipinski definition) is 1. The van der Waals surface area contributed by atoms with Gasteiger partial charge in [0.1, 0.15) is 17.7 Å². The lowest BCUT2D eigenvalue weighted by Gasteiger charge is -2.23. The minimum absolute atomic E-state index is 0.0619. The van der Waals surface area contributed by atoms with Gasteiger partial charge >= 0.3 is 0 Å². The molecule has 0 aromatic heterocycles. The number of nitrogens with one attached hydrogen (secondary N) is 1. The van der Waals surface area contributed by atoms with Gasteiger partial charge in [-0.2, -0.15) is 0 Å². The molecule has 0 spiro atoms. The topological polar surface area (TPSA) is 92.5 Å². The van der Waals surface area contributed by atoms with Gasteiger partial charge < -0.3 is 10.2 Å². The Balaban J connectivity index is 1.65. The Kier molecular flexibility index (Phi) is 5.70. The predicted octanol–water partition coefficient (Wildman–Crippen LogP) is 2.62. The van der Waals surface area contributed by atoms with Crippen LogP contribution in [0.1, 0.15) is 16.5 Å². The third-order valence-electron chi connectivity index (χ3n) is 4.05. The Morgan fingerprint density at radius 1 is 1.30 bits per heavy atom. The second-order valence-electron chi connectivity index (χ2n) is 5.94. The lowest BCUT2D eigenvalue weighted by Crippen LogP contribution is -2.39. The number of rotatable bonds is 6. The van der Waals surface area contributed by atoms with Crippen LogP contribution in [0.3, 0.4) is 0 Å². The first-order chi connectivity index (χ1) is 12.9. The van der Waals surface area contributed by atoms with Gasteiger partial charge in [-0.25, -0.2) is 4.39 Å². The van der Waals surface area contributed by atoms with Crippen molar-refractivity contribution >= 4 is 29.3 Å². The Labute approximate surface area is 158 Å². The van der Waals surface area contributed by atoms with Crippen molar-refractivity contribution in [1.82, 2.24) is 10.2 Å². The van der Waals surface area contributed by atoms with Gasteiger partial charge in [0.15, 0.2) is 0 Å².